The lowest BCUT2D eigenvalue weighted by atomic mass is 10.1. The molecule has 3 rings (SSSR count). The van der Waals surface area contributed by atoms with Crippen molar-refractivity contribution in [2.75, 3.05) is 18.0 Å². The van der Waals surface area contributed by atoms with E-state index >= 15 is 0 Å². The number of anilines is 1. The maximum atomic E-state index is 12.7. The van der Waals surface area contributed by atoms with E-state index in [1.165, 1.54) is 6.07 Å². The van der Waals surface area contributed by atoms with Gasteiger partial charge in [-0.15, -0.1) is 12.4 Å². The molecule has 0 saturated carbocycles. The average molecular weight is 318 g/mol. The number of aromatic nitrogens is 1. The molecule has 3 nitrogen and oxygen atoms in total. The van der Waals surface area contributed by atoms with E-state index in [-0.39, 0.29) is 18.4 Å². The first-order valence-electron chi connectivity index (χ1n) is 6.42. The Morgan fingerprint density at radius 1 is 1.19 bits per heavy atom. The van der Waals surface area contributed by atoms with Crippen LogP contribution in [0.2, 0.25) is 0 Å². The molecule has 0 spiro atoms. The average Bonchev–Trinajstić information content (AvgIpc) is 2.83. The second kappa shape index (κ2) is 5.69. The first-order chi connectivity index (χ1) is 9.43. The Balaban J connectivity index is 0.00000161. The molecule has 1 aromatic carbocycles. The maximum absolute atomic E-state index is 12.7. The van der Waals surface area contributed by atoms with Crippen molar-refractivity contribution in [1.82, 2.24) is 4.98 Å². The minimum absolute atomic E-state index is 0. The predicted octanol–water partition coefficient (Wildman–Crippen LogP) is 3.21. The van der Waals surface area contributed by atoms with Crippen LogP contribution in [0.4, 0.5) is 19.0 Å². The van der Waals surface area contributed by atoms with Gasteiger partial charge in [0.05, 0.1) is 11.1 Å². The Labute approximate surface area is 126 Å². The zero-order valence-electron chi connectivity index (χ0n) is 11.1. The monoisotopic (exact) mass is 317 g/mol. The van der Waals surface area contributed by atoms with Gasteiger partial charge >= 0.3 is 6.18 Å². The molecule has 0 amide bonds. The van der Waals surface area contributed by atoms with Gasteiger partial charge in [-0.2, -0.15) is 13.2 Å². The summed E-state index contributed by atoms with van der Waals surface area (Å²) in [7, 11) is 0. The molecule has 1 aliphatic rings. The molecular formula is C14H15ClF3N3. The lowest BCUT2D eigenvalue weighted by Gasteiger charge is -2.17. The fraction of sp³-hybridized carbons (Fsp3) is 0.357. The first-order valence-corrected chi connectivity index (χ1v) is 6.42. The van der Waals surface area contributed by atoms with Crippen LogP contribution in [0.15, 0.2) is 30.3 Å². The third-order valence-electron chi connectivity index (χ3n) is 3.55. The number of benzene rings is 1. The van der Waals surface area contributed by atoms with Crippen molar-refractivity contribution < 1.29 is 13.2 Å². The summed E-state index contributed by atoms with van der Waals surface area (Å²) in [5, 5.41) is 0.699. The van der Waals surface area contributed by atoms with E-state index < -0.39 is 11.7 Å². The topological polar surface area (TPSA) is 42.1 Å². The molecular weight excluding hydrogens is 303 g/mol. The van der Waals surface area contributed by atoms with E-state index in [1.54, 1.807) is 6.07 Å². The lowest BCUT2D eigenvalue weighted by molar-refractivity contribution is -0.137. The molecule has 1 saturated heterocycles. The summed E-state index contributed by atoms with van der Waals surface area (Å²) in [4.78, 5) is 6.34. The van der Waals surface area contributed by atoms with Gasteiger partial charge in [-0.05, 0) is 30.7 Å². The standard InChI is InChI=1S/C14H14F3N3.ClH/c15-14(16,17)10-3-1-9-2-4-13(19-12(9)7-10)20-6-5-11(18)8-20;/h1-4,7,11H,5-6,8,18H2;1H/t11-;/m1./s1. The number of alkyl halides is 3. The van der Waals surface area contributed by atoms with Crippen molar-refractivity contribution in [3.8, 4) is 0 Å². The smallest absolute Gasteiger partial charge is 0.355 e. The SMILES string of the molecule is Cl.N[C@@H]1CCN(c2ccc3ccc(C(F)(F)F)cc3n2)C1. The zero-order valence-corrected chi connectivity index (χ0v) is 11.9. The van der Waals surface area contributed by atoms with Crippen LogP contribution < -0.4 is 10.6 Å². The van der Waals surface area contributed by atoms with Gasteiger partial charge in [-0.3, -0.25) is 0 Å². The predicted molar refractivity (Wildman–Crippen MR) is 78.8 cm³/mol. The van der Waals surface area contributed by atoms with E-state index in [0.717, 1.165) is 25.1 Å². The van der Waals surface area contributed by atoms with E-state index in [1.807, 2.05) is 11.0 Å². The summed E-state index contributed by atoms with van der Waals surface area (Å²) in [6, 6.07) is 7.35. The van der Waals surface area contributed by atoms with Crippen molar-refractivity contribution in [2.24, 2.45) is 5.73 Å². The van der Waals surface area contributed by atoms with Gasteiger partial charge in [0.1, 0.15) is 5.82 Å². The maximum Gasteiger partial charge on any atom is 0.416 e. The molecule has 1 aliphatic heterocycles. The quantitative estimate of drug-likeness (QED) is 0.878. The van der Waals surface area contributed by atoms with Crippen molar-refractivity contribution in [3.05, 3.63) is 35.9 Å². The van der Waals surface area contributed by atoms with E-state index in [4.69, 9.17) is 5.73 Å². The second-order valence-corrected chi connectivity index (χ2v) is 5.07. The van der Waals surface area contributed by atoms with Gasteiger partial charge < -0.3 is 10.6 Å². The lowest BCUT2D eigenvalue weighted by Crippen LogP contribution is -2.26. The summed E-state index contributed by atoms with van der Waals surface area (Å²) in [6.07, 6.45) is -3.47. The minimum atomic E-state index is -4.35. The molecule has 2 N–H and O–H groups in total. The van der Waals surface area contributed by atoms with E-state index in [2.05, 4.69) is 4.98 Å². The van der Waals surface area contributed by atoms with Gasteiger partial charge in [-0.25, -0.2) is 4.98 Å². The molecule has 2 aromatic rings. The normalized spacial score (nSPS) is 18.9. The summed E-state index contributed by atoms with van der Waals surface area (Å²) in [6.45, 7) is 1.48. The summed E-state index contributed by atoms with van der Waals surface area (Å²) in [5.74, 6) is 0.685. The van der Waals surface area contributed by atoms with Crippen LogP contribution in [0.5, 0.6) is 0 Å². The van der Waals surface area contributed by atoms with Crippen LogP contribution in [-0.2, 0) is 6.18 Å². The largest absolute Gasteiger partial charge is 0.416 e. The minimum Gasteiger partial charge on any atom is -0.355 e. The third-order valence-corrected chi connectivity index (χ3v) is 3.55. The molecule has 0 aliphatic carbocycles. The van der Waals surface area contributed by atoms with Crippen LogP contribution in [-0.4, -0.2) is 24.1 Å². The van der Waals surface area contributed by atoms with Crippen LogP contribution in [0.1, 0.15) is 12.0 Å². The van der Waals surface area contributed by atoms with Gasteiger partial charge in [0.15, 0.2) is 0 Å². The first kappa shape index (κ1) is 15.9. The Bertz CT molecular complexity index is 645. The van der Waals surface area contributed by atoms with Crippen LogP contribution in [0.25, 0.3) is 10.9 Å². The highest BCUT2D eigenvalue weighted by atomic mass is 35.5. The highest BCUT2D eigenvalue weighted by molar-refractivity contribution is 5.85. The van der Waals surface area contributed by atoms with Crippen molar-refractivity contribution in [1.29, 1.82) is 0 Å². The number of hydrogen-bond donors (Lipinski definition) is 1. The van der Waals surface area contributed by atoms with Crippen LogP contribution >= 0.6 is 12.4 Å². The number of halogens is 4. The van der Waals surface area contributed by atoms with E-state index in [9.17, 15) is 13.2 Å². The fourth-order valence-electron chi connectivity index (χ4n) is 2.45. The summed E-state index contributed by atoms with van der Waals surface area (Å²) >= 11 is 0. The summed E-state index contributed by atoms with van der Waals surface area (Å²) < 4.78 is 38.1. The number of hydrogen-bond acceptors (Lipinski definition) is 3. The van der Waals surface area contributed by atoms with Gasteiger partial charge in [0.25, 0.3) is 0 Å². The third kappa shape index (κ3) is 3.22. The molecule has 1 fully saturated rings. The van der Waals surface area contributed by atoms with Gasteiger partial charge in [-0.1, -0.05) is 6.07 Å². The second-order valence-electron chi connectivity index (χ2n) is 5.07. The molecule has 114 valence electrons. The highest BCUT2D eigenvalue weighted by Crippen LogP contribution is 2.31. The molecule has 1 aromatic heterocycles. The molecule has 0 unspecified atom stereocenters. The Morgan fingerprint density at radius 3 is 2.52 bits per heavy atom. The van der Waals surface area contributed by atoms with Crippen molar-refractivity contribution >= 4 is 29.1 Å². The number of pyridine rings is 1. The molecule has 21 heavy (non-hydrogen) atoms. The molecule has 0 bridgehead atoms. The Morgan fingerprint density at radius 2 is 1.90 bits per heavy atom. The van der Waals surface area contributed by atoms with Crippen LogP contribution in [0, 0.1) is 0 Å². The molecule has 2 heterocycles. The number of fused-ring (bicyclic) bond motifs is 1. The molecule has 0 radical (unpaired) electrons. The van der Waals surface area contributed by atoms with Gasteiger partial charge in [0.2, 0.25) is 0 Å². The van der Waals surface area contributed by atoms with Crippen molar-refractivity contribution in [3.63, 3.8) is 0 Å². The van der Waals surface area contributed by atoms with Crippen LogP contribution in [0.3, 0.4) is 0 Å². The summed E-state index contributed by atoms with van der Waals surface area (Å²) in [5.41, 5.74) is 5.52. The Kier molecular flexibility index (Phi) is 4.30. The van der Waals surface area contributed by atoms with Crippen molar-refractivity contribution in [2.45, 2.75) is 18.6 Å². The fourth-order valence-corrected chi connectivity index (χ4v) is 2.45. The molecule has 1 atom stereocenters. The highest BCUT2D eigenvalue weighted by Gasteiger charge is 2.30. The Hall–Kier alpha value is -1.53. The number of rotatable bonds is 1. The number of nitrogens with two attached hydrogens (primary N) is 1. The zero-order chi connectivity index (χ0) is 14.3. The van der Waals surface area contributed by atoms with E-state index in [0.29, 0.717) is 23.3 Å². The van der Waals surface area contributed by atoms with Gasteiger partial charge in [0, 0.05) is 24.5 Å². The molecule has 7 heteroatoms. The number of nitrogens with zero attached hydrogens (tertiary/aromatic N) is 2.